The number of hydrogen-bond donors (Lipinski definition) is 1. The third kappa shape index (κ3) is 4.26. The van der Waals surface area contributed by atoms with Crippen LogP contribution in [0.4, 0.5) is 13.9 Å². The Morgan fingerprint density at radius 2 is 2.03 bits per heavy atom. The maximum absolute atomic E-state index is 13.4. The molecule has 0 unspecified atom stereocenters. The lowest BCUT2D eigenvalue weighted by Gasteiger charge is -2.11. The number of benzene rings is 1. The van der Waals surface area contributed by atoms with Gasteiger partial charge in [-0.2, -0.15) is 10.4 Å². The van der Waals surface area contributed by atoms with Gasteiger partial charge in [-0.3, -0.25) is 9.59 Å². The van der Waals surface area contributed by atoms with Crippen molar-refractivity contribution in [1.29, 1.82) is 5.26 Å². The molecule has 0 aliphatic carbocycles. The van der Waals surface area contributed by atoms with E-state index in [1.807, 2.05) is 19.9 Å². The van der Waals surface area contributed by atoms with E-state index in [2.05, 4.69) is 15.4 Å². The van der Waals surface area contributed by atoms with E-state index in [1.54, 1.807) is 5.38 Å². The quantitative estimate of drug-likeness (QED) is 0.648. The van der Waals surface area contributed by atoms with Crippen LogP contribution in [0.15, 0.2) is 28.4 Å². The summed E-state index contributed by atoms with van der Waals surface area (Å²) < 4.78 is 27.5. The normalized spacial score (nSPS) is 10.6. The van der Waals surface area contributed by atoms with Gasteiger partial charge in [-0.1, -0.05) is 13.8 Å². The number of anilines is 1. The number of aromatic nitrogens is 3. The molecule has 0 radical (unpaired) electrons. The molecule has 30 heavy (non-hydrogen) atoms. The van der Waals surface area contributed by atoms with E-state index in [1.165, 1.54) is 6.07 Å². The van der Waals surface area contributed by atoms with Crippen molar-refractivity contribution in [3.8, 4) is 17.3 Å². The number of aryl methyl sites for hydroxylation is 1. The van der Waals surface area contributed by atoms with Gasteiger partial charge in [0.1, 0.15) is 18.2 Å². The van der Waals surface area contributed by atoms with Crippen molar-refractivity contribution in [3.05, 3.63) is 62.4 Å². The lowest BCUT2D eigenvalue weighted by molar-refractivity contribution is -0.117. The molecule has 0 atom stereocenters. The first kappa shape index (κ1) is 21.3. The van der Waals surface area contributed by atoms with Gasteiger partial charge in [-0.15, -0.1) is 11.3 Å². The van der Waals surface area contributed by atoms with E-state index >= 15 is 0 Å². The summed E-state index contributed by atoms with van der Waals surface area (Å²) in [5.74, 6) is -2.50. The molecule has 0 bridgehead atoms. The number of rotatable bonds is 6. The number of carbonyl (C=O) groups is 1. The molecule has 1 amide bonds. The largest absolute Gasteiger partial charge is 0.300 e. The summed E-state index contributed by atoms with van der Waals surface area (Å²) in [4.78, 5) is 29.1. The topological polar surface area (TPSA) is 101 Å². The number of hydrogen-bond acceptors (Lipinski definition) is 6. The number of carbonyl (C=O) groups excluding carboxylic acids is 1. The van der Waals surface area contributed by atoms with Gasteiger partial charge in [0.2, 0.25) is 5.91 Å². The van der Waals surface area contributed by atoms with Crippen LogP contribution in [0.25, 0.3) is 11.3 Å². The molecular formula is C20H17F2N5O2S. The second-order valence-electron chi connectivity index (χ2n) is 6.30. The van der Waals surface area contributed by atoms with E-state index in [9.17, 15) is 23.6 Å². The lowest BCUT2D eigenvalue weighted by Crippen LogP contribution is -2.33. The highest BCUT2D eigenvalue weighted by molar-refractivity contribution is 7.14. The van der Waals surface area contributed by atoms with Crippen molar-refractivity contribution in [3.63, 3.8) is 0 Å². The van der Waals surface area contributed by atoms with Gasteiger partial charge in [0, 0.05) is 10.9 Å². The van der Waals surface area contributed by atoms with Crippen molar-refractivity contribution in [2.75, 3.05) is 5.32 Å². The number of nitrogens with one attached hydrogen (secondary N) is 1. The third-order valence-electron chi connectivity index (χ3n) is 4.40. The second-order valence-corrected chi connectivity index (χ2v) is 7.16. The molecule has 0 saturated heterocycles. The number of amides is 1. The maximum Gasteiger partial charge on any atom is 0.285 e. The average Bonchev–Trinajstić information content (AvgIpc) is 3.19. The summed E-state index contributed by atoms with van der Waals surface area (Å²) in [6, 6.07) is 5.31. The van der Waals surface area contributed by atoms with Crippen LogP contribution < -0.4 is 10.9 Å². The first-order valence-electron chi connectivity index (χ1n) is 9.11. The van der Waals surface area contributed by atoms with Gasteiger partial charge >= 0.3 is 0 Å². The van der Waals surface area contributed by atoms with Crippen molar-refractivity contribution < 1.29 is 13.6 Å². The molecule has 2 heterocycles. The van der Waals surface area contributed by atoms with Crippen molar-refractivity contribution in [2.45, 2.75) is 33.2 Å². The molecular weight excluding hydrogens is 412 g/mol. The smallest absolute Gasteiger partial charge is 0.285 e. The van der Waals surface area contributed by atoms with Crippen molar-refractivity contribution in [1.82, 2.24) is 14.8 Å². The molecule has 7 nitrogen and oxygen atoms in total. The molecule has 1 N–H and O–H groups in total. The van der Waals surface area contributed by atoms with E-state index in [0.717, 1.165) is 28.2 Å². The van der Waals surface area contributed by atoms with Crippen molar-refractivity contribution >= 4 is 22.4 Å². The van der Waals surface area contributed by atoms with Crippen LogP contribution >= 0.6 is 11.3 Å². The highest BCUT2D eigenvalue weighted by Crippen LogP contribution is 2.26. The van der Waals surface area contributed by atoms with Gasteiger partial charge in [-0.05, 0) is 36.6 Å². The number of nitrogens with zero attached hydrogens (tertiary/aromatic N) is 4. The Morgan fingerprint density at radius 3 is 2.67 bits per heavy atom. The Morgan fingerprint density at radius 1 is 1.27 bits per heavy atom. The molecule has 3 aromatic rings. The Kier molecular flexibility index (Phi) is 6.32. The van der Waals surface area contributed by atoms with E-state index in [4.69, 9.17) is 0 Å². The molecule has 0 spiro atoms. The van der Waals surface area contributed by atoms with Gasteiger partial charge in [0.05, 0.1) is 11.4 Å². The number of thiazole rings is 1. The van der Waals surface area contributed by atoms with Crippen LogP contribution in [0.5, 0.6) is 0 Å². The van der Waals surface area contributed by atoms with Gasteiger partial charge in [-0.25, -0.2) is 18.4 Å². The molecule has 2 aromatic heterocycles. The van der Waals surface area contributed by atoms with Crippen LogP contribution in [0.3, 0.4) is 0 Å². The fourth-order valence-electron chi connectivity index (χ4n) is 2.96. The summed E-state index contributed by atoms with van der Waals surface area (Å²) in [5, 5.41) is 17.9. The fourth-order valence-corrected chi connectivity index (χ4v) is 3.69. The summed E-state index contributed by atoms with van der Waals surface area (Å²) in [6.45, 7) is 3.30. The molecule has 10 heteroatoms. The minimum absolute atomic E-state index is 0.00739. The van der Waals surface area contributed by atoms with Gasteiger partial charge in [0.25, 0.3) is 5.56 Å². The predicted molar refractivity (Wildman–Crippen MR) is 108 cm³/mol. The zero-order chi connectivity index (χ0) is 21.8. The zero-order valence-corrected chi connectivity index (χ0v) is 17.0. The van der Waals surface area contributed by atoms with E-state index in [0.29, 0.717) is 35.4 Å². The lowest BCUT2D eigenvalue weighted by atomic mass is 10.0. The third-order valence-corrected chi connectivity index (χ3v) is 5.16. The second kappa shape index (κ2) is 8.92. The van der Waals surface area contributed by atoms with Crippen LogP contribution in [0.1, 0.15) is 30.7 Å². The summed E-state index contributed by atoms with van der Waals surface area (Å²) in [5.41, 5.74) is 1.30. The Bertz CT molecular complexity index is 1210. The van der Waals surface area contributed by atoms with Gasteiger partial charge < -0.3 is 5.32 Å². The number of halogens is 2. The van der Waals surface area contributed by atoms with Crippen LogP contribution in [0.2, 0.25) is 0 Å². The molecule has 0 fully saturated rings. The first-order chi connectivity index (χ1) is 14.4. The Labute approximate surface area is 174 Å². The average molecular weight is 429 g/mol. The molecule has 1 aromatic carbocycles. The van der Waals surface area contributed by atoms with Crippen LogP contribution in [-0.2, 0) is 24.2 Å². The minimum Gasteiger partial charge on any atom is -0.300 e. The number of nitriles is 1. The highest BCUT2D eigenvalue weighted by Gasteiger charge is 2.17. The van der Waals surface area contributed by atoms with E-state index < -0.39 is 23.1 Å². The maximum atomic E-state index is 13.4. The molecule has 0 aliphatic heterocycles. The summed E-state index contributed by atoms with van der Waals surface area (Å²) in [6.07, 6.45) is 1.01. The monoisotopic (exact) mass is 429 g/mol. The van der Waals surface area contributed by atoms with Gasteiger partial charge in [0.15, 0.2) is 16.8 Å². The molecule has 0 saturated carbocycles. The van der Waals surface area contributed by atoms with Crippen LogP contribution in [0, 0.1) is 23.0 Å². The van der Waals surface area contributed by atoms with E-state index in [-0.39, 0.29) is 17.2 Å². The fraction of sp³-hybridized carbons (Fsp3) is 0.250. The predicted octanol–water partition coefficient (Wildman–Crippen LogP) is 3.28. The van der Waals surface area contributed by atoms with Crippen LogP contribution in [-0.4, -0.2) is 20.7 Å². The molecule has 3 rings (SSSR count). The molecule has 0 aliphatic rings. The highest BCUT2D eigenvalue weighted by atomic mass is 32.1. The standard InChI is InChI=1S/C20H17F2N5O2S/c1-3-12-13(8-23)19(29)27(26-16(12)4-2)9-18(28)25-20-24-17(10-30-20)11-5-6-14(21)15(22)7-11/h5-7,10H,3-4,9H2,1-2H3,(H,24,25,28). The van der Waals surface area contributed by atoms with Crippen molar-refractivity contribution in [2.24, 2.45) is 0 Å². The first-order valence-corrected chi connectivity index (χ1v) is 9.99. The Balaban J connectivity index is 1.80. The summed E-state index contributed by atoms with van der Waals surface area (Å²) >= 11 is 1.10. The molecule has 154 valence electrons. The Hall–Kier alpha value is -3.45. The summed E-state index contributed by atoms with van der Waals surface area (Å²) in [7, 11) is 0. The zero-order valence-electron chi connectivity index (χ0n) is 16.2. The minimum atomic E-state index is -0.993. The SMILES string of the molecule is CCc1nn(CC(=O)Nc2nc(-c3ccc(F)c(F)c3)cs2)c(=O)c(C#N)c1CC.